The smallest absolute Gasteiger partial charge is 0.338 e. The summed E-state index contributed by atoms with van der Waals surface area (Å²) in [7, 11) is 1.61. The SMILES string of the molecule is COc1ccc(-c2csc(NC(=O)COC(=O)c3ccc4nc(-c5ccc(C)cc5)[nH]c4c3)n2)cc1. The minimum Gasteiger partial charge on any atom is -0.497 e. The van der Waals surface area contributed by atoms with Crippen LogP contribution in [0.2, 0.25) is 0 Å². The number of rotatable bonds is 7. The molecule has 0 atom stereocenters. The number of aromatic nitrogens is 3. The largest absolute Gasteiger partial charge is 0.497 e. The predicted octanol–water partition coefficient (Wildman–Crippen LogP) is 5.47. The van der Waals surface area contributed by atoms with Gasteiger partial charge < -0.3 is 14.5 Å². The van der Waals surface area contributed by atoms with E-state index in [1.165, 1.54) is 11.3 Å². The Balaban J connectivity index is 1.19. The first-order valence-electron chi connectivity index (χ1n) is 11.1. The first-order valence-corrected chi connectivity index (χ1v) is 12.0. The van der Waals surface area contributed by atoms with Crippen molar-refractivity contribution in [3.05, 3.63) is 83.2 Å². The third-order valence-electron chi connectivity index (χ3n) is 5.51. The molecule has 36 heavy (non-hydrogen) atoms. The number of nitrogens with one attached hydrogen (secondary N) is 2. The molecule has 8 nitrogen and oxygen atoms in total. The summed E-state index contributed by atoms with van der Waals surface area (Å²) in [5, 5.41) is 4.93. The van der Waals surface area contributed by atoms with E-state index in [4.69, 9.17) is 9.47 Å². The molecule has 0 aliphatic heterocycles. The molecule has 2 N–H and O–H groups in total. The molecule has 0 saturated heterocycles. The molecule has 5 aromatic rings. The van der Waals surface area contributed by atoms with Gasteiger partial charge in [0.2, 0.25) is 0 Å². The van der Waals surface area contributed by atoms with Crippen molar-refractivity contribution in [1.82, 2.24) is 15.0 Å². The molecule has 0 radical (unpaired) electrons. The number of thiazole rings is 1. The summed E-state index contributed by atoms with van der Waals surface area (Å²) in [5.74, 6) is 0.398. The second-order valence-corrected chi connectivity index (χ2v) is 8.93. The summed E-state index contributed by atoms with van der Waals surface area (Å²) in [6.45, 7) is 1.60. The highest BCUT2D eigenvalue weighted by Gasteiger charge is 2.14. The summed E-state index contributed by atoms with van der Waals surface area (Å²) in [4.78, 5) is 37.1. The third kappa shape index (κ3) is 5.11. The molecule has 5 rings (SSSR count). The highest BCUT2D eigenvalue weighted by atomic mass is 32.1. The maximum Gasteiger partial charge on any atom is 0.338 e. The summed E-state index contributed by atoms with van der Waals surface area (Å²) in [6.07, 6.45) is 0. The number of aryl methyl sites for hydroxylation is 1. The third-order valence-corrected chi connectivity index (χ3v) is 6.27. The lowest BCUT2D eigenvalue weighted by Gasteiger charge is -2.05. The van der Waals surface area contributed by atoms with E-state index in [0.717, 1.165) is 33.7 Å². The number of carbonyl (C=O) groups is 2. The number of methoxy groups -OCH3 is 1. The monoisotopic (exact) mass is 498 g/mol. The van der Waals surface area contributed by atoms with Crippen LogP contribution in [0.25, 0.3) is 33.7 Å². The molecule has 1 amide bonds. The molecule has 0 bridgehead atoms. The average molecular weight is 499 g/mol. The molecule has 0 fully saturated rings. The van der Waals surface area contributed by atoms with Crippen LogP contribution < -0.4 is 10.1 Å². The first-order chi connectivity index (χ1) is 17.5. The first kappa shape index (κ1) is 23.3. The van der Waals surface area contributed by atoms with E-state index in [2.05, 4.69) is 20.3 Å². The molecule has 0 unspecified atom stereocenters. The number of esters is 1. The fourth-order valence-corrected chi connectivity index (χ4v) is 4.32. The van der Waals surface area contributed by atoms with E-state index in [0.29, 0.717) is 22.0 Å². The van der Waals surface area contributed by atoms with Gasteiger partial charge in [0.15, 0.2) is 11.7 Å². The molecule has 3 aromatic carbocycles. The zero-order valence-corrected chi connectivity index (χ0v) is 20.4. The lowest BCUT2D eigenvalue weighted by atomic mass is 10.1. The molecule has 2 aromatic heterocycles. The Bertz CT molecular complexity index is 1540. The highest BCUT2D eigenvalue weighted by Crippen LogP contribution is 2.26. The molecule has 0 aliphatic rings. The van der Waals surface area contributed by atoms with Crippen molar-refractivity contribution >= 4 is 39.4 Å². The molecular weight excluding hydrogens is 476 g/mol. The van der Waals surface area contributed by atoms with E-state index >= 15 is 0 Å². The van der Waals surface area contributed by atoms with Crippen LogP contribution in [0, 0.1) is 6.92 Å². The Morgan fingerprint density at radius 3 is 2.47 bits per heavy atom. The molecule has 9 heteroatoms. The quantitative estimate of drug-likeness (QED) is 0.288. The van der Waals surface area contributed by atoms with Crippen molar-refractivity contribution < 1.29 is 19.1 Å². The Morgan fingerprint density at radius 2 is 1.72 bits per heavy atom. The van der Waals surface area contributed by atoms with Gasteiger partial charge in [-0.25, -0.2) is 14.8 Å². The van der Waals surface area contributed by atoms with Crippen LogP contribution in [-0.4, -0.2) is 40.5 Å². The van der Waals surface area contributed by atoms with Crippen LogP contribution in [0.5, 0.6) is 5.75 Å². The van der Waals surface area contributed by atoms with Crippen LogP contribution in [0.15, 0.2) is 72.1 Å². The highest BCUT2D eigenvalue weighted by molar-refractivity contribution is 7.14. The topological polar surface area (TPSA) is 106 Å². The maximum atomic E-state index is 12.5. The Kier molecular flexibility index (Phi) is 6.46. The zero-order valence-electron chi connectivity index (χ0n) is 19.6. The van der Waals surface area contributed by atoms with E-state index < -0.39 is 18.5 Å². The van der Waals surface area contributed by atoms with Crippen molar-refractivity contribution in [2.75, 3.05) is 19.0 Å². The van der Waals surface area contributed by atoms with Crippen LogP contribution >= 0.6 is 11.3 Å². The fraction of sp³-hybridized carbons (Fsp3) is 0.111. The molecular formula is C27H22N4O4S. The van der Waals surface area contributed by atoms with Gasteiger partial charge in [0.05, 0.1) is 29.4 Å². The summed E-state index contributed by atoms with van der Waals surface area (Å²) >= 11 is 1.29. The fourth-order valence-electron chi connectivity index (χ4n) is 3.58. The molecule has 0 spiro atoms. The number of hydrogen-bond acceptors (Lipinski definition) is 7. The molecule has 0 aliphatic carbocycles. The number of amides is 1. The lowest BCUT2D eigenvalue weighted by molar-refractivity contribution is -0.119. The normalized spacial score (nSPS) is 10.8. The average Bonchev–Trinajstić information content (AvgIpc) is 3.54. The van der Waals surface area contributed by atoms with Crippen molar-refractivity contribution in [1.29, 1.82) is 0 Å². The van der Waals surface area contributed by atoms with Gasteiger partial charge in [-0.3, -0.25) is 10.1 Å². The number of aromatic amines is 1. The zero-order chi connectivity index (χ0) is 25.1. The maximum absolute atomic E-state index is 12.5. The van der Waals surface area contributed by atoms with Gasteiger partial charge in [-0.1, -0.05) is 29.8 Å². The Labute approximate surface area is 210 Å². The summed E-state index contributed by atoms with van der Waals surface area (Å²) in [6, 6.07) is 20.5. The van der Waals surface area contributed by atoms with Crippen LogP contribution in [-0.2, 0) is 9.53 Å². The van der Waals surface area contributed by atoms with Gasteiger partial charge in [0.1, 0.15) is 11.6 Å². The van der Waals surface area contributed by atoms with Crippen molar-refractivity contribution in [2.24, 2.45) is 0 Å². The number of nitrogens with zero attached hydrogens (tertiary/aromatic N) is 2. The Hall–Kier alpha value is -4.50. The molecule has 2 heterocycles. The number of benzene rings is 3. The number of H-pyrrole nitrogens is 1. The van der Waals surface area contributed by atoms with Crippen LogP contribution in [0.3, 0.4) is 0 Å². The number of imidazole rings is 1. The molecule has 180 valence electrons. The van der Waals surface area contributed by atoms with E-state index in [1.807, 2.05) is 60.8 Å². The van der Waals surface area contributed by atoms with Gasteiger partial charge in [-0.2, -0.15) is 0 Å². The standard InChI is InChI=1S/C27H22N4O4S/c1-16-3-5-18(6-4-16)25-28-21-12-9-19(13-22(21)29-25)26(33)35-14-24(32)31-27-30-23(15-36-27)17-7-10-20(34-2)11-8-17/h3-13,15H,14H2,1-2H3,(H,28,29)(H,30,31,32). The van der Waals surface area contributed by atoms with Gasteiger partial charge in [0.25, 0.3) is 5.91 Å². The van der Waals surface area contributed by atoms with Crippen LogP contribution in [0.1, 0.15) is 15.9 Å². The van der Waals surface area contributed by atoms with Crippen molar-refractivity contribution in [3.8, 4) is 28.4 Å². The number of hydrogen-bond donors (Lipinski definition) is 2. The van der Waals surface area contributed by atoms with Gasteiger partial charge in [-0.15, -0.1) is 11.3 Å². The number of ether oxygens (including phenoxy) is 2. The molecule has 0 saturated carbocycles. The van der Waals surface area contributed by atoms with Gasteiger partial charge >= 0.3 is 5.97 Å². The lowest BCUT2D eigenvalue weighted by Crippen LogP contribution is -2.20. The van der Waals surface area contributed by atoms with Crippen LogP contribution in [0.4, 0.5) is 5.13 Å². The second kappa shape index (κ2) is 10.0. The van der Waals surface area contributed by atoms with Gasteiger partial charge in [-0.05, 0) is 49.4 Å². The minimum absolute atomic E-state index is 0.324. The van der Waals surface area contributed by atoms with Crippen molar-refractivity contribution in [3.63, 3.8) is 0 Å². The Morgan fingerprint density at radius 1 is 0.972 bits per heavy atom. The predicted molar refractivity (Wildman–Crippen MR) is 139 cm³/mol. The van der Waals surface area contributed by atoms with Crippen molar-refractivity contribution in [2.45, 2.75) is 6.92 Å². The second-order valence-electron chi connectivity index (χ2n) is 8.07. The minimum atomic E-state index is -0.600. The van der Waals surface area contributed by atoms with Gasteiger partial charge in [0, 0.05) is 16.5 Å². The number of anilines is 1. The van der Waals surface area contributed by atoms with E-state index in [1.54, 1.807) is 25.3 Å². The van der Waals surface area contributed by atoms with E-state index in [9.17, 15) is 9.59 Å². The summed E-state index contributed by atoms with van der Waals surface area (Å²) in [5.41, 5.74) is 5.51. The summed E-state index contributed by atoms with van der Waals surface area (Å²) < 4.78 is 10.4. The van der Waals surface area contributed by atoms with E-state index in [-0.39, 0.29) is 0 Å². The number of carbonyl (C=O) groups excluding carboxylic acids is 2. The number of fused-ring (bicyclic) bond motifs is 1.